The zero-order valence-corrected chi connectivity index (χ0v) is 18.4. The van der Waals surface area contributed by atoms with E-state index in [2.05, 4.69) is 32.0 Å². The van der Waals surface area contributed by atoms with Gasteiger partial charge in [0.25, 0.3) is 5.91 Å². The number of benzene rings is 1. The van der Waals surface area contributed by atoms with E-state index in [1.54, 1.807) is 24.3 Å². The number of terminal acetylenes is 1. The minimum absolute atomic E-state index is 0.0762. The molecule has 4 nitrogen and oxygen atoms in total. The van der Waals surface area contributed by atoms with Gasteiger partial charge in [0, 0.05) is 11.1 Å². The molecular formula is C25H35NO3. The third kappa shape index (κ3) is 6.63. The molecule has 0 bridgehead atoms. The van der Waals surface area contributed by atoms with Gasteiger partial charge in [-0.15, -0.1) is 6.42 Å². The number of hydrogen-bond acceptors (Lipinski definition) is 3. The van der Waals surface area contributed by atoms with E-state index >= 15 is 0 Å². The zero-order chi connectivity index (χ0) is 21.6. The topological polar surface area (TPSA) is 55.4 Å². The predicted molar refractivity (Wildman–Crippen MR) is 116 cm³/mol. The van der Waals surface area contributed by atoms with E-state index in [9.17, 15) is 9.59 Å². The Bertz CT molecular complexity index is 729. The van der Waals surface area contributed by atoms with Crippen molar-refractivity contribution >= 4 is 11.9 Å². The van der Waals surface area contributed by atoms with Crippen molar-refractivity contribution < 1.29 is 14.3 Å². The van der Waals surface area contributed by atoms with Gasteiger partial charge in [-0.25, -0.2) is 4.79 Å². The Hall–Kier alpha value is -2.28. The van der Waals surface area contributed by atoms with Crippen LogP contribution in [0.25, 0.3) is 0 Å². The van der Waals surface area contributed by atoms with Gasteiger partial charge in [-0.05, 0) is 67.2 Å². The van der Waals surface area contributed by atoms with Crippen molar-refractivity contribution in [2.24, 2.45) is 23.7 Å². The molecule has 158 valence electrons. The average molecular weight is 398 g/mol. The molecule has 1 aromatic rings. The predicted octanol–water partition coefficient (Wildman–Crippen LogP) is 4.82. The van der Waals surface area contributed by atoms with E-state index in [1.807, 2.05) is 13.8 Å². The summed E-state index contributed by atoms with van der Waals surface area (Å²) in [5.74, 6) is 3.58. The fourth-order valence-corrected chi connectivity index (χ4v) is 4.13. The minimum atomic E-state index is -0.653. The molecule has 1 aromatic carbocycles. The fraction of sp³-hybridized carbons (Fsp3) is 0.600. The largest absolute Gasteiger partial charge is 0.461 e. The van der Waals surface area contributed by atoms with Crippen LogP contribution < -0.4 is 5.32 Å². The van der Waals surface area contributed by atoms with Crippen molar-refractivity contribution in [3.63, 3.8) is 0 Å². The number of amides is 1. The summed E-state index contributed by atoms with van der Waals surface area (Å²) in [6, 6.07) is 6.16. The number of esters is 1. The molecule has 1 aliphatic rings. The van der Waals surface area contributed by atoms with Crippen molar-refractivity contribution in [3.8, 4) is 12.3 Å². The van der Waals surface area contributed by atoms with Gasteiger partial charge in [-0.2, -0.15) is 0 Å². The first-order chi connectivity index (χ1) is 13.7. The van der Waals surface area contributed by atoms with E-state index in [0.717, 1.165) is 12.8 Å². The molecule has 4 heteroatoms. The molecule has 0 aromatic heterocycles. The number of rotatable bonds is 7. The first-order valence-electron chi connectivity index (χ1n) is 10.8. The highest BCUT2D eigenvalue weighted by Crippen LogP contribution is 2.35. The molecule has 29 heavy (non-hydrogen) atoms. The van der Waals surface area contributed by atoms with Crippen LogP contribution in [-0.4, -0.2) is 24.0 Å². The normalized spacial score (nSPS) is 22.8. The highest BCUT2D eigenvalue weighted by molar-refractivity contribution is 5.96. The van der Waals surface area contributed by atoms with Gasteiger partial charge in [0.05, 0.1) is 0 Å². The number of hydrogen-bond donors (Lipinski definition) is 1. The van der Waals surface area contributed by atoms with Crippen molar-refractivity contribution in [1.82, 2.24) is 5.32 Å². The Morgan fingerprint density at radius 2 is 1.83 bits per heavy atom. The number of nitrogens with one attached hydrogen (secondary N) is 1. The van der Waals surface area contributed by atoms with Gasteiger partial charge >= 0.3 is 5.97 Å². The SMILES string of the molecule is C#Cc1ccc(C(=O)N[C@@H](CC(C)C)C(=O)O[C@H]2C[C@@H](C)CC[C@@H]2C(C)C)cc1. The summed E-state index contributed by atoms with van der Waals surface area (Å²) in [5, 5.41) is 2.88. The molecule has 0 spiro atoms. The Labute approximate surface area is 175 Å². The van der Waals surface area contributed by atoms with Crippen LogP contribution in [0.3, 0.4) is 0 Å². The summed E-state index contributed by atoms with van der Waals surface area (Å²) < 4.78 is 5.99. The molecule has 0 saturated heterocycles. The molecule has 4 atom stereocenters. The highest BCUT2D eigenvalue weighted by atomic mass is 16.5. The molecule has 0 unspecified atom stereocenters. The lowest BCUT2D eigenvalue weighted by molar-refractivity contribution is -0.158. The summed E-state index contributed by atoms with van der Waals surface area (Å²) in [6.45, 7) is 10.7. The van der Waals surface area contributed by atoms with Gasteiger partial charge in [-0.3, -0.25) is 4.79 Å². The van der Waals surface area contributed by atoms with Crippen LogP contribution >= 0.6 is 0 Å². The van der Waals surface area contributed by atoms with Crippen molar-refractivity contribution in [3.05, 3.63) is 35.4 Å². The third-order valence-electron chi connectivity index (χ3n) is 5.84. The summed E-state index contributed by atoms with van der Waals surface area (Å²) in [7, 11) is 0. The van der Waals surface area contributed by atoms with Crippen LogP contribution in [0.2, 0.25) is 0 Å². The van der Waals surface area contributed by atoms with Crippen LogP contribution in [0, 0.1) is 36.0 Å². The van der Waals surface area contributed by atoms with Crippen molar-refractivity contribution in [2.45, 2.75) is 72.4 Å². The average Bonchev–Trinajstić information content (AvgIpc) is 2.66. The Kier molecular flexibility index (Phi) is 8.32. The molecule has 0 heterocycles. The van der Waals surface area contributed by atoms with E-state index in [1.165, 1.54) is 6.42 Å². The standard InChI is InChI=1S/C25H35NO3/c1-7-19-9-11-20(12-10-19)24(27)26-22(14-16(2)3)25(28)29-23-15-18(6)8-13-21(23)17(4)5/h1,9-12,16-18,21-23H,8,13-15H2,2-6H3,(H,26,27)/t18-,21+,22-,23-/m0/s1. The molecule has 2 rings (SSSR count). The van der Waals surface area contributed by atoms with E-state index in [-0.39, 0.29) is 23.9 Å². The number of carbonyl (C=O) groups is 2. The maximum absolute atomic E-state index is 13.0. The van der Waals surface area contributed by atoms with Gasteiger partial charge < -0.3 is 10.1 Å². The van der Waals surface area contributed by atoms with Gasteiger partial charge in [0.1, 0.15) is 12.1 Å². The maximum Gasteiger partial charge on any atom is 0.328 e. The molecule has 1 amide bonds. The fourth-order valence-electron chi connectivity index (χ4n) is 4.13. The number of ether oxygens (including phenoxy) is 1. The second-order valence-corrected chi connectivity index (χ2v) is 9.18. The van der Waals surface area contributed by atoms with E-state index in [0.29, 0.717) is 35.3 Å². The molecule has 1 aliphatic carbocycles. The van der Waals surface area contributed by atoms with Crippen LogP contribution in [-0.2, 0) is 9.53 Å². The molecule has 1 N–H and O–H groups in total. The lowest BCUT2D eigenvalue weighted by Crippen LogP contribution is -2.46. The van der Waals surface area contributed by atoms with Crippen molar-refractivity contribution in [2.75, 3.05) is 0 Å². The van der Waals surface area contributed by atoms with Crippen LogP contribution in [0.1, 0.15) is 76.2 Å². The monoisotopic (exact) mass is 397 g/mol. The molecule has 1 fully saturated rings. The molecule has 0 aliphatic heterocycles. The smallest absolute Gasteiger partial charge is 0.328 e. The summed E-state index contributed by atoms with van der Waals surface area (Å²) in [6.07, 6.45) is 8.99. The van der Waals surface area contributed by atoms with Gasteiger partial charge in [-0.1, -0.05) is 47.0 Å². The summed E-state index contributed by atoms with van der Waals surface area (Å²) in [5.41, 5.74) is 1.20. The van der Waals surface area contributed by atoms with E-state index in [4.69, 9.17) is 11.2 Å². The molecule has 1 saturated carbocycles. The lowest BCUT2D eigenvalue weighted by atomic mass is 9.75. The zero-order valence-electron chi connectivity index (χ0n) is 18.4. The van der Waals surface area contributed by atoms with Crippen LogP contribution in [0.5, 0.6) is 0 Å². The first-order valence-corrected chi connectivity index (χ1v) is 10.8. The van der Waals surface area contributed by atoms with Gasteiger partial charge in [0.2, 0.25) is 0 Å². The Balaban J connectivity index is 2.10. The van der Waals surface area contributed by atoms with E-state index < -0.39 is 6.04 Å². The summed E-state index contributed by atoms with van der Waals surface area (Å²) >= 11 is 0. The summed E-state index contributed by atoms with van der Waals surface area (Å²) in [4.78, 5) is 25.7. The van der Waals surface area contributed by atoms with Gasteiger partial charge in [0.15, 0.2) is 0 Å². The molecular weight excluding hydrogens is 362 g/mol. The Morgan fingerprint density at radius 3 is 2.38 bits per heavy atom. The first kappa shape index (κ1) is 23.0. The minimum Gasteiger partial charge on any atom is -0.461 e. The molecule has 0 radical (unpaired) electrons. The van der Waals surface area contributed by atoms with Crippen molar-refractivity contribution in [1.29, 1.82) is 0 Å². The highest BCUT2D eigenvalue weighted by Gasteiger charge is 2.35. The second-order valence-electron chi connectivity index (χ2n) is 9.18. The quantitative estimate of drug-likeness (QED) is 0.530. The maximum atomic E-state index is 13.0. The lowest BCUT2D eigenvalue weighted by Gasteiger charge is -2.37. The second kappa shape index (κ2) is 10.5. The van der Waals surface area contributed by atoms with Crippen LogP contribution in [0.4, 0.5) is 0 Å². The third-order valence-corrected chi connectivity index (χ3v) is 5.84. The van der Waals surface area contributed by atoms with Crippen LogP contribution in [0.15, 0.2) is 24.3 Å². The Morgan fingerprint density at radius 1 is 1.17 bits per heavy atom. The number of carbonyl (C=O) groups excluding carboxylic acids is 2.